The molecule has 0 amide bonds. The highest BCUT2D eigenvalue weighted by atomic mass is 19.4. The van der Waals surface area contributed by atoms with Gasteiger partial charge in [-0.15, -0.1) is 0 Å². The fourth-order valence-corrected chi connectivity index (χ4v) is 4.71. The van der Waals surface area contributed by atoms with E-state index in [1.807, 2.05) is 12.1 Å². The van der Waals surface area contributed by atoms with Crippen molar-refractivity contribution < 1.29 is 32.5 Å². The van der Waals surface area contributed by atoms with E-state index in [0.29, 0.717) is 36.5 Å². The molecule has 5 rings (SSSR count). The second-order valence-electron chi connectivity index (χ2n) is 8.22. The largest absolute Gasteiger partial charge is 0.492 e. The van der Waals surface area contributed by atoms with E-state index >= 15 is 0 Å². The van der Waals surface area contributed by atoms with Crippen LogP contribution in [0.25, 0.3) is 11.1 Å². The molecule has 8 heteroatoms. The maximum Gasteiger partial charge on any atom is 0.433 e. The molecule has 2 heterocycles. The number of hydrogen-bond donors (Lipinski definition) is 1. The van der Waals surface area contributed by atoms with Gasteiger partial charge in [0.05, 0.1) is 13.0 Å². The molecular weight excluding hydrogens is 435 g/mol. The molecule has 0 saturated carbocycles. The predicted molar refractivity (Wildman–Crippen MR) is 113 cm³/mol. The molecule has 1 N–H and O–H groups in total. The Labute approximate surface area is 187 Å². The number of carboxylic acid groups (broad SMARTS) is 1. The third kappa shape index (κ3) is 4.01. The summed E-state index contributed by atoms with van der Waals surface area (Å²) in [5.41, 5.74) is 2.23. The van der Waals surface area contributed by atoms with E-state index in [0.717, 1.165) is 22.9 Å². The van der Waals surface area contributed by atoms with Crippen molar-refractivity contribution in [3.63, 3.8) is 0 Å². The molecule has 1 aromatic heterocycles. The lowest BCUT2D eigenvalue weighted by molar-refractivity contribution is -0.140. The summed E-state index contributed by atoms with van der Waals surface area (Å²) in [7, 11) is 0. The molecule has 0 bridgehead atoms. The van der Waals surface area contributed by atoms with Gasteiger partial charge in [0.25, 0.3) is 0 Å². The zero-order valence-electron chi connectivity index (χ0n) is 17.4. The summed E-state index contributed by atoms with van der Waals surface area (Å²) < 4.78 is 52.4. The van der Waals surface area contributed by atoms with Crippen LogP contribution in [0.4, 0.5) is 13.2 Å². The topological polar surface area (TPSA) is 68.7 Å². The number of nitrogens with zero attached hydrogens (tertiary/aromatic N) is 1. The van der Waals surface area contributed by atoms with Gasteiger partial charge in [0.15, 0.2) is 5.69 Å². The van der Waals surface area contributed by atoms with Gasteiger partial charge in [0.2, 0.25) is 0 Å². The number of hydrogen-bond acceptors (Lipinski definition) is 4. The first-order valence-electron chi connectivity index (χ1n) is 10.6. The summed E-state index contributed by atoms with van der Waals surface area (Å²) >= 11 is 0. The number of carboxylic acids is 1. The first-order chi connectivity index (χ1) is 15.8. The van der Waals surface area contributed by atoms with Crippen molar-refractivity contribution >= 4 is 5.97 Å². The summed E-state index contributed by atoms with van der Waals surface area (Å²) in [6.07, 6.45) is -2.48. The van der Waals surface area contributed by atoms with Crippen LogP contribution in [0.5, 0.6) is 11.5 Å². The van der Waals surface area contributed by atoms with Crippen LogP contribution in [-0.4, -0.2) is 22.7 Å². The molecule has 3 aromatic rings. The number of pyridine rings is 1. The number of aliphatic carboxylic acids is 1. The quantitative estimate of drug-likeness (QED) is 0.528. The highest BCUT2D eigenvalue weighted by Gasteiger charge is 2.37. The molecular formula is C25H20F3NO4. The molecule has 33 heavy (non-hydrogen) atoms. The van der Waals surface area contributed by atoms with Gasteiger partial charge in [-0.1, -0.05) is 30.3 Å². The Hall–Kier alpha value is -3.55. The van der Waals surface area contributed by atoms with Crippen molar-refractivity contribution in [1.29, 1.82) is 0 Å². The molecule has 2 aromatic carbocycles. The van der Waals surface area contributed by atoms with Crippen LogP contribution in [0, 0.1) is 0 Å². The fraction of sp³-hybridized carbons (Fsp3) is 0.280. The molecule has 1 aliphatic carbocycles. The van der Waals surface area contributed by atoms with E-state index in [9.17, 15) is 18.0 Å². The van der Waals surface area contributed by atoms with Crippen LogP contribution < -0.4 is 9.47 Å². The van der Waals surface area contributed by atoms with Gasteiger partial charge < -0.3 is 14.6 Å². The van der Waals surface area contributed by atoms with Crippen LogP contribution in [-0.2, 0) is 17.4 Å². The number of alkyl halides is 3. The number of ether oxygens (including phenoxy) is 2. The smallest absolute Gasteiger partial charge is 0.433 e. The molecule has 2 aliphatic rings. The molecule has 0 saturated heterocycles. The number of halogens is 3. The van der Waals surface area contributed by atoms with Crippen molar-refractivity contribution in [3.8, 4) is 22.6 Å². The Morgan fingerprint density at radius 1 is 1.12 bits per heavy atom. The normalized spacial score (nSPS) is 19.0. The zero-order chi connectivity index (χ0) is 23.2. The molecule has 1 aliphatic heterocycles. The molecule has 0 radical (unpaired) electrons. The van der Waals surface area contributed by atoms with Crippen molar-refractivity contribution in [1.82, 2.24) is 4.98 Å². The van der Waals surface area contributed by atoms with E-state index in [1.54, 1.807) is 24.3 Å². The Bertz CT molecular complexity index is 1220. The fourth-order valence-electron chi connectivity index (χ4n) is 4.71. The first kappa shape index (κ1) is 21.3. The van der Waals surface area contributed by atoms with Crippen LogP contribution >= 0.6 is 0 Å². The molecule has 0 fully saturated rings. The van der Waals surface area contributed by atoms with E-state index in [-0.39, 0.29) is 24.0 Å². The highest BCUT2D eigenvalue weighted by Crippen LogP contribution is 2.44. The second-order valence-corrected chi connectivity index (χ2v) is 8.22. The Balaban J connectivity index is 1.42. The average molecular weight is 455 g/mol. The predicted octanol–water partition coefficient (Wildman–Crippen LogP) is 5.78. The van der Waals surface area contributed by atoms with Gasteiger partial charge in [-0.05, 0) is 41.7 Å². The van der Waals surface area contributed by atoms with Gasteiger partial charge in [-0.2, -0.15) is 13.2 Å². The molecule has 5 nitrogen and oxygen atoms in total. The van der Waals surface area contributed by atoms with Gasteiger partial charge in [-0.25, -0.2) is 0 Å². The van der Waals surface area contributed by atoms with Crippen LogP contribution in [0.2, 0.25) is 0 Å². The van der Waals surface area contributed by atoms with Crippen LogP contribution in [0.15, 0.2) is 54.7 Å². The van der Waals surface area contributed by atoms with Gasteiger partial charge in [0, 0.05) is 29.3 Å². The zero-order valence-corrected chi connectivity index (χ0v) is 17.4. The minimum absolute atomic E-state index is 0.000236. The van der Waals surface area contributed by atoms with E-state index < -0.39 is 17.8 Å². The number of rotatable bonds is 5. The lowest BCUT2D eigenvalue weighted by Gasteiger charge is -2.17. The Morgan fingerprint density at radius 2 is 1.94 bits per heavy atom. The summed E-state index contributed by atoms with van der Waals surface area (Å²) in [6.45, 7) is 0.313. The van der Waals surface area contributed by atoms with Gasteiger partial charge >= 0.3 is 12.1 Å². The molecule has 2 atom stereocenters. The summed E-state index contributed by atoms with van der Waals surface area (Å²) in [4.78, 5) is 14.6. The minimum atomic E-state index is -4.54. The number of fused-ring (bicyclic) bond motifs is 2. The van der Waals surface area contributed by atoms with Crippen molar-refractivity contribution in [2.45, 2.75) is 37.5 Å². The molecule has 0 unspecified atom stereocenters. The SMILES string of the molecule is O=C(O)C[C@@H]1COc2cc(O[C@@H]3CCc4c(-c5cccnc5C(F)(F)F)cccc43)ccc21. The Morgan fingerprint density at radius 3 is 2.73 bits per heavy atom. The third-order valence-electron chi connectivity index (χ3n) is 6.15. The number of carbonyl (C=O) groups is 1. The monoisotopic (exact) mass is 455 g/mol. The summed E-state index contributed by atoms with van der Waals surface area (Å²) in [5.74, 6) is 0.113. The molecule has 170 valence electrons. The maximum atomic E-state index is 13.5. The van der Waals surface area contributed by atoms with E-state index in [1.165, 1.54) is 12.1 Å². The van der Waals surface area contributed by atoms with Gasteiger partial charge in [-0.3, -0.25) is 9.78 Å². The van der Waals surface area contributed by atoms with Crippen molar-refractivity contribution in [2.24, 2.45) is 0 Å². The average Bonchev–Trinajstić information content (AvgIpc) is 3.37. The summed E-state index contributed by atoms with van der Waals surface area (Å²) in [6, 6.07) is 13.6. The van der Waals surface area contributed by atoms with Crippen molar-refractivity contribution in [2.75, 3.05) is 6.61 Å². The maximum absolute atomic E-state index is 13.5. The standard InChI is InChI=1S/C25H20F3NO4/c26-25(27,28)24-20(5-2-10-29-24)17-3-1-4-19-18(17)8-9-21(19)33-15-6-7-16-14(11-23(30)31)13-32-22(16)12-15/h1-7,10,12,14,21H,8-9,11,13H2,(H,30,31)/t14-,21-/m1/s1. The lowest BCUT2D eigenvalue weighted by Crippen LogP contribution is -2.10. The third-order valence-corrected chi connectivity index (χ3v) is 6.15. The molecule has 0 spiro atoms. The minimum Gasteiger partial charge on any atom is -0.492 e. The highest BCUT2D eigenvalue weighted by molar-refractivity contribution is 5.72. The Kier molecular flexibility index (Phi) is 5.23. The number of aromatic nitrogens is 1. The van der Waals surface area contributed by atoms with E-state index in [2.05, 4.69) is 4.98 Å². The van der Waals surface area contributed by atoms with Crippen LogP contribution in [0.1, 0.15) is 47.2 Å². The van der Waals surface area contributed by atoms with E-state index in [4.69, 9.17) is 14.6 Å². The second kappa shape index (κ2) is 8.10. The summed E-state index contributed by atoms with van der Waals surface area (Å²) in [5, 5.41) is 9.06. The first-order valence-corrected chi connectivity index (χ1v) is 10.6. The number of benzene rings is 2. The lowest BCUT2D eigenvalue weighted by atomic mass is 9.95. The van der Waals surface area contributed by atoms with Crippen molar-refractivity contribution in [3.05, 3.63) is 77.1 Å². The van der Waals surface area contributed by atoms with Gasteiger partial charge in [0.1, 0.15) is 17.6 Å². The van der Waals surface area contributed by atoms with Crippen LogP contribution in [0.3, 0.4) is 0 Å².